The Labute approximate surface area is 199 Å². The Balaban J connectivity index is 1.26. The highest BCUT2D eigenvalue weighted by Gasteiger charge is 2.46. The van der Waals surface area contributed by atoms with Gasteiger partial charge in [-0.1, -0.05) is 36.8 Å². The van der Waals surface area contributed by atoms with Crippen LogP contribution in [0.15, 0.2) is 48.5 Å². The highest BCUT2D eigenvalue weighted by Crippen LogP contribution is 2.47. The summed E-state index contributed by atoms with van der Waals surface area (Å²) in [4.78, 5) is 25.2. The van der Waals surface area contributed by atoms with Gasteiger partial charge in [0.25, 0.3) is 0 Å². The number of fused-ring (bicyclic) bond motifs is 3. The zero-order valence-corrected chi connectivity index (χ0v) is 19.4. The maximum absolute atomic E-state index is 12.8. The number of aliphatic hydroxyl groups excluding tert-OH is 1. The fourth-order valence-electron chi connectivity index (χ4n) is 5.21. The van der Waals surface area contributed by atoms with Crippen molar-refractivity contribution in [1.29, 1.82) is 0 Å². The molecule has 0 bridgehead atoms. The summed E-state index contributed by atoms with van der Waals surface area (Å²) in [5.74, 6) is 0.841. The Morgan fingerprint density at radius 1 is 1.15 bits per heavy atom. The number of rotatable bonds is 7. The highest BCUT2D eigenvalue weighted by atomic mass is 16.6. The summed E-state index contributed by atoms with van der Waals surface area (Å²) in [6.45, 7) is 1.78. The topological polar surface area (TPSA) is 96.9 Å². The molecule has 0 aromatic heterocycles. The van der Waals surface area contributed by atoms with E-state index in [1.807, 2.05) is 55.5 Å². The molecule has 2 amide bonds. The van der Waals surface area contributed by atoms with E-state index in [4.69, 9.17) is 9.47 Å². The van der Waals surface area contributed by atoms with Crippen molar-refractivity contribution in [2.24, 2.45) is 5.92 Å². The molecular formula is C27H32N2O5. The number of carbonyl (C=O) groups is 2. The van der Waals surface area contributed by atoms with Crippen molar-refractivity contribution >= 4 is 17.5 Å². The Morgan fingerprint density at radius 2 is 1.94 bits per heavy atom. The summed E-state index contributed by atoms with van der Waals surface area (Å²) in [6, 6.07) is 15.4. The van der Waals surface area contributed by atoms with Crippen LogP contribution >= 0.6 is 0 Å². The molecule has 1 aliphatic carbocycles. The number of hydrogen-bond donors (Lipinski definition) is 3. The summed E-state index contributed by atoms with van der Waals surface area (Å²) in [5.41, 5.74) is 2.81. The fraction of sp³-hybridized carbons (Fsp3) is 0.481. The van der Waals surface area contributed by atoms with Crippen molar-refractivity contribution in [1.82, 2.24) is 5.32 Å². The van der Waals surface area contributed by atoms with E-state index in [1.165, 1.54) is 0 Å². The van der Waals surface area contributed by atoms with Crippen LogP contribution in [0.25, 0.3) is 0 Å². The van der Waals surface area contributed by atoms with Gasteiger partial charge in [-0.05, 0) is 49.9 Å². The van der Waals surface area contributed by atoms with Crippen LogP contribution in [-0.2, 0) is 14.3 Å². The van der Waals surface area contributed by atoms with Gasteiger partial charge in [-0.2, -0.15) is 0 Å². The first-order valence-corrected chi connectivity index (χ1v) is 12.2. The third kappa shape index (κ3) is 4.68. The Hall–Kier alpha value is -2.90. The predicted octanol–water partition coefficient (Wildman–Crippen LogP) is 3.69. The lowest BCUT2D eigenvalue weighted by atomic mass is 9.83. The second-order valence-corrected chi connectivity index (χ2v) is 9.68. The first kappa shape index (κ1) is 22.9. The van der Waals surface area contributed by atoms with Crippen molar-refractivity contribution in [3.8, 4) is 5.75 Å². The molecular weight excluding hydrogens is 432 g/mol. The molecule has 2 heterocycles. The van der Waals surface area contributed by atoms with Gasteiger partial charge in [-0.3, -0.25) is 9.59 Å². The van der Waals surface area contributed by atoms with Crippen molar-refractivity contribution in [3.05, 3.63) is 59.7 Å². The number of amides is 2. The maximum atomic E-state index is 12.8. The molecule has 0 unspecified atom stereocenters. The standard InChI is InChI=1S/C27H32N2O5/c1-16(17-6-3-2-4-7-17)28-25(31)14-20-13-22-21-12-19(29-27(32)18-8-5-9-18)10-11-23(21)34-26(22)24(15-30)33-20/h2-4,6-7,10-12,16,18,20,22,24,26,30H,5,8-9,13-15H2,1H3,(H,28,31)(H,29,32)/t16-,20-,22+,24-,26-/m1/s1. The first-order valence-electron chi connectivity index (χ1n) is 12.2. The SMILES string of the molecule is C[C@@H](NC(=O)C[C@H]1C[C@H]2c3cc(NC(=O)C4CCC4)ccc3O[C@H]2[C@@H](CO)O1)c1ccccc1. The number of nitrogens with one attached hydrogen (secondary N) is 2. The third-order valence-corrected chi connectivity index (χ3v) is 7.33. The molecule has 7 heteroatoms. The molecule has 5 rings (SSSR count). The Bertz CT molecular complexity index is 1040. The number of anilines is 1. The molecule has 7 nitrogen and oxygen atoms in total. The van der Waals surface area contributed by atoms with Gasteiger partial charge >= 0.3 is 0 Å². The lowest BCUT2D eigenvalue weighted by Crippen LogP contribution is -2.47. The molecule has 0 spiro atoms. The van der Waals surface area contributed by atoms with Gasteiger partial charge in [0, 0.05) is 23.1 Å². The van der Waals surface area contributed by atoms with Gasteiger partial charge in [0.05, 0.1) is 25.2 Å². The van der Waals surface area contributed by atoms with E-state index in [-0.39, 0.29) is 54.9 Å². The van der Waals surface area contributed by atoms with E-state index >= 15 is 0 Å². The average molecular weight is 465 g/mol. The smallest absolute Gasteiger partial charge is 0.227 e. The summed E-state index contributed by atoms with van der Waals surface area (Å²) in [5, 5.41) is 16.1. The number of ether oxygens (including phenoxy) is 2. The van der Waals surface area contributed by atoms with E-state index in [0.29, 0.717) is 6.42 Å². The van der Waals surface area contributed by atoms with Crippen LogP contribution < -0.4 is 15.4 Å². The van der Waals surface area contributed by atoms with Crippen molar-refractivity contribution in [3.63, 3.8) is 0 Å². The predicted molar refractivity (Wildman–Crippen MR) is 128 cm³/mol. The molecule has 1 saturated carbocycles. The molecule has 34 heavy (non-hydrogen) atoms. The summed E-state index contributed by atoms with van der Waals surface area (Å²) < 4.78 is 12.2. The van der Waals surface area contributed by atoms with Crippen LogP contribution in [0.4, 0.5) is 5.69 Å². The molecule has 2 aliphatic heterocycles. The molecule has 2 aromatic rings. The van der Waals surface area contributed by atoms with Gasteiger partial charge in [0.2, 0.25) is 11.8 Å². The minimum Gasteiger partial charge on any atom is -0.487 e. The number of benzene rings is 2. The highest BCUT2D eigenvalue weighted by molar-refractivity contribution is 5.93. The molecule has 3 N–H and O–H groups in total. The van der Waals surface area contributed by atoms with Crippen LogP contribution in [-0.4, -0.2) is 41.8 Å². The molecule has 2 aromatic carbocycles. The van der Waals surface area contributed by atoms with Gasteiger partial charge in [-0.25, -0.2) is 0 Å². The van der Waals surface area contributed by atoms with Crippen LogP contribution in [0.5, 0.6) is 5.75 Å². The third-order valence-electron chi connectivity index (χ3n) is 7.33. The van der Waals surface area contributed by atoms with Crippen LogP contribution in [0.3, 0.4) is 0 Å². The van der Waals surface area contributed by atoms with E-state index in [0.717, 1.165) is 41.8 Å². The quantitative estimate of drug-likeness (QED) is 0.581. The normalized spacial score (nSPS) is 26.4. The lowest BCUT2D eigenvalue weighted by molar-refractivity contribution is -0.142. The van der Waals surface area contributed by atoms with E-state index in [9.17, 15) is 14.7 Å². The monoisotopic (exact) mass is 464 g/mol. The van der Waals surface area contributed by atoms with Crippen molar-refractivity contribution in [2.75, 3.05) is 11.9 Å². The molecule has 180 valence electrons. The van der Waals surface area contributed by atoms with Crippen LogP contribution in [0, 0.1) is 5.92 Å². The second kappa shape index (κ2) is 9.76. The number of hydrogen-bond acceptors (Lipinski definition) is 5. The minimum atomic E-state index is -0.511. The van der Waals surface area contributed by atoms with E-state index in [2.05, 4.69) is 10.6 Å². The average Bonchev–Trinajstić information content (AvgIpc) is 3.16. The van der Waals surface area contributed by atoms with Crippen LogP contribution in [0.1, 0.15) is 62.1 Å². The van der Waals surface area contributed by atoms with Gasteiger partial charge in [0.15, 0.2) is 0 Å². The summed E-state index contributed by atoms with van der Waals surface area (Å²) >= 11 is 0. The zero-order valence-electron chi connectivity index (χ0n) is 19.4. The summed E-state index contributed by atoms with van der Waals surface area (Å²) in [7, 11) is 0. The maximum Gasteiger partial charge on any atom is 0.227 e. The molecule has 3 aliphatic rings. The first-order chi connectivity index (χ1) is 16.5. The Morgan fingerprint density at radius 3 is 2.65 bits per heavy atom. The summed E-state index contributed by atoms with van der Waals surface area (Å²) in [6.07, 6.45) is 2.69. The second-order valence-electron chi connectivity index (χ2n) is 9.68. The Kier molecular flexibility index (Phi) is 6.57. The molecule has 0 radical (unpaired) electrons. The number of carbonyl (C=O) groups excluding carboxylic acids is 2. The van der Waals surface area contributed by atoms with Crippen molar-refractivity contribution in [2.45, 2.75) is 69.3 Å². The van der Waals surface area contributed by atoms with Crippen molar-refractivity contribution < 1.29 is 24.2 Å². The minimum absolute atomic E-state index is 0.00852. The zero-order chi connectivity index (χ0) is 23.7. The largest absolute Gasteiger partial charge is 0.487 e. The number of aliphatic hydroxyl groups is 1. The van der Waals surface area contributed by atoms with E-state index < -0.39 is 6.10 Å². The molecule has 1 saturated heterocycles. The van der Waals surface area contributed by atoms with Gasteiger partial charge in [-0.15, -0.1) is 0 Å². The van der Waals surface area contributed by atoms with E-state index in [1.54, 1.807) is 0 Å². The van der Waals surface area contributed by atoms with Gasteiger partial charge < -0.3 is 25.2 Å². The lowest BCUT2D eigenvalue weighted by Gasteiger charge is -2.37. The van der Waals surface area contributed by atoms with Gasteiger partial charge in [0.1, 0.15) is 18.0 Å². The molecule has 5 atom stereocenters. The molecule has 2 fully saturated rings. The fourth-order valence-corrected chi connectivity index (χ4v) is 5.21. The van der Waals surface area contributed by atoms with Crippen LogP contribution in [0.2, 0.25) is 0 Å².